The number of amides is 1. The predicted octanol–water partition coefficient (Wildman–Crippen LogP) is 5.39. The molecule has 0 atom stereocenters. The van der Waals surface area contributed by atoms with Crippen molar-refractivity contribution in [3.63, 3.8) is 0 Å². The highest BCUT2D eigenvalue weighted by atomic mass is 19.4. The number of aromatic nitrogens is 2. The Balaban J connectivity index is 1.47. The van der Waals surface area contributed by atoms with Crippen molar-refractivity contribution in [3.8, 4) is 17.0 Å². The number of hydrogen-bond acceptors (Lipinski definition) is 7. The quantitative estimate of drug-likeness (QED) is 0.212. The number of carbonyl (C=O) groups excluding carboxylic acids is 1. The van der Waals surface area contributed by atoms with E-state index in [1.54, 1.807) is 31.2 Å². The Hall–Kier alpha value is -4.93. The minimum Gasteiger partial charge on any atom is -0.406 e. The number of alkyl halides is 3. The first-order valence-electron chi connectivity index (χ1n) is 11.4. The fraction of sp³-hybridized carbons (Fsp3) is 0.111. The molecule has 4 rings (SSSR count). The molecule has 1 amide bonds. The number of nitrogens with zero attached hydrogens (tertiary/aromatic N) is 3. The van der Waals surface area contributed by atoms with Gasteiger partial charge in [0.1, 0.15) is 11.4 Å². The Morgan fingerprint density at radius 2 is 1.76 bits per heavy atom. The normalized spacial score (nSPS) is 11.6. The predicted molar refractivity (Wildman–Crippen MR) is 138 cm³/mol. The number of hydrazone groups is 1. The van der Waals surface area contributed by atoms with Gasteiger partial charge in [-0.15, -0.1) is 13.2 Å². The standard InChI is InChI=1S/C27H23F3N6O2/c1-17(35-36-21-10-12-22(13-11-21)38-27(28,29)30)24-25(31)32-16-23(34-24)19-8-5-9-20(14-19)26(37)33-15-18-6-3-2-4-7-18/h2-14,16,36H,15H2,1H3,(H2,31,32)(H,33,37)/b35-17+. The molecule has 0 unspecified atom stereocenters. The Morgan fingerprint density at radius 1 is 1.03 bits per heavy atom. The van der Waals surface area contributed by atoms with E-state index in [0.717, 1.165) is 5.56 Å². The summed E-state index contributed by atoms with van der Waals surface area (Å²) in [6.45, 7) is 2.06. The van der Waals surface area contributed by atoms with Crippen LogP contribution in [0, 0.1) is 0 Å². The van der Waals surface area contributed by atoms with E-state index >= 15 is 0 Å². The van der Waals surface area contributed by atoms with Crippen molar-refractivity contribution < 1.29 is 22.7 Å². The molecule has 4 N–H and O–H groups in total. The van der Waals surface area contributed by atoms with Crippen LogP contribution < -0.4 is 21.2 Å². The van der Waals surface area contributed by atoms with Gasteiger partial charge in [0, 0.05) is 17.7 Å². The fourth-order valence-corrected chi connectivity index (χ4v) is 3.44. The van der Waals surface area contributed by atoms with E-state index < -0.39 is 6.36 Å². The lowest BCUT2D eigenvalue weighted by Gasteiger charge is -2.10. The highest BCUT2D eigenvalue weighted by molar-refractivity contribution is 6.01. The van der Waals surface area contributed by atoms with Crippen LogP contribution in [0.5, 0.6) is 5.75 Å². The number of benzene rings is 3. The molecular formula is C27H23F3N6O2. The second-order valence-electron chi connectivity index (χ2n) is 8.12. The Morgan fingerprint density at radius 3 is 2.47 bits per heavy atom. The molecule has 0 fully saturated rings. The molecule has 1 aromatic heterocycles. The summed E-state index contributed by atoms with van der Waals surface area (Å²) in [6.07, 6.45) is -3.27. The van der Waals surface area contributed by atoms with Crippen LogP contribution in [0.25, 0.3) is 11.3 Å². The van der Waals surface area contributed by atoms with Crippen molar-refractivity contribution in [2.45, 2.75) is 19.8 Å². The third kappa shape index (κ3) is 7.06. The average molecular weight is 521 g/mol. The summed E-state index contributed by atoms with van der Waals surface area (Å²) in [7, 11) is 0. The van der Waals surface area contributed by atoms with Crippen LogP contribution in [0.3, 0.4) is 0 Å². The van der Waals surface area contributed by atoms with Gasteiger partial charge in [0.2, 0.25) is 0 Å². The molecule has 1 heterocycles. The minimum atomic E-state index is -4.77. The second-order valence-corrected chi connectivity index (χ2v) is 8.12. The average Bonchev–Trinajstić information content (AvgIpc) is 2.91. The molecule has 0 aliphatic rings. The first-order chi connectivity index (χ1) is 18.2. The maximum absolute atomic E-state index is 12.7. The SMILES string of the molecule is C/C(=N\Nc1ccc(OC(F)(F)F)cc1)c1nc(-c2cccc(C(=O)NCc3ccccc3)c2)cnc1N. The highest BCUT2D eigenvalue weighted by Crippen LogP contribution is 2.24. The number of nitrogens with one attached hydrogen (secondary N) is 2. The van der Waals surface area contributed by atoms with Gasteiger partial charge in [-0.05, 0) is 48.9 Å². The van der Waals surface area contributed by atoms with Crippen molar-refractivity contribution in [3.05, 3.63) is 102 Å². The van der Waals surface area contributed by atoms with Gasteiger partial charge in [0.15, 0.2) is 5.82 Å². The highest BCUT2D eigenvalue weighted by Gasteiger charge is 2.30. The molecule has 0 aliphatic carbocycles. The zero-order valence-electron chi connectivity index (χ0n) is 20.2. The van der Waals surface area contributed by atoms with E-state index in [1.165, 1.54) is 30.5 Å². The molecule has 8 nitrogen and oxygen atoms in total. The Bertz CT molecular complexity index is 1440. The first kappa shape index (κ1) is 26.1. The van der Waals surface area contributed by atoms with Gasteiger partial charge in [-0.25, -0.2) is 9.97 Å². The number of halogens is 3. The number of hydrogen-bond donors (Lipinski definition) is 3. The summed E-state index contributed by atoms with van der Waals surface area (Å²) in [5.74, 6) is -0.432. The summed E-state index contributed by atoms with van der Waals surface area (Å²) in [5.41, 5.74) is 12.5. The van der Waals surface area contributed by atoms with E-state index in [1.807, 2.05) is 30.3 Å². The molecule has 4 aromatic rings. The smallest absolute Gasteiger partial charge is 0.406 e. The number of ether oxygens (including phenoxy) is 1. The second kappa shape index (κ2) is 11.4. The van der Waals surface area contributed by atoms with Crippen molar-refractivity contribution in [1.29, 1.82) is 0 Å². The third-order valence-corrected chi connectivity index (χ3v) is 5.30. The molecule has 0 bridgehead atoms. The molecule has 194 valence electrons. The largest absolute Gasteiger partial charge is 0.573 e. The van der Waals surface area contributed by atoms with Gasteiger partial charge < -0.3 is 15.8 Å². The topological polar surface area (TPSA) is 115 Å². The molecular weight excluding hydrogens is 497 g/mol. The van der Waals surface area contributed by atoms with Crippen molar-refractivity contribution in [2.75, 3.05) is 11.2 Å². The summed E-state index contributed by atoms with van der Waals surface area (Å²) in [5, 5.41) is 7.11. The van der Waals surface area contributed by atoms with Crippen molar-refractivity contribution in [2.24, 2.45) is 5.10 Å². The van der Waals surface area contributed by atoms with E-state index in [9.17, 15) is 18.0 Å². The summed E-state index contributed by atoms with van der Waals surface area (Å²) >= 11 is 0. The van der Waals surface area contributed by atoms with E-state index in [-0.39, 0.29) is 17.5 Å². The Labute approximate surface area is 216 Å². The van der Waals surface area contributed by atoms with Gasteiger partial charge in [0.05, 0.1) is 23.3 Å². The van der Waals surface area contributed by atoms with E-state index in [2.05, 4.69) is 30.5 Å². The van der Waals surface area contributed by atoms with Gasteiger partial charge >= 0.3 is 6.36 Å². The fourth-order valence-electron chi connectivity index (χ4n) is 3.44. The van der Waals surface area contributed by atoms with Crippen LogP contribution in [-0.4, -0.2) is 27.9 Å². The molecule has 0 saturated heterocycles. The third-order valence-electron chi connectivity index (χ3n) is 5.30. The van der Waals surface area contributed by atoms with E-state index in [0.29, 0.717) is 40.5 Å². The lowest BCUT2D eigenvalue weighted by atomic mass is 10.1. The van der Waals surface area contributed by atoms with Crippen molar-refractivity contribution >= 4 is 23.1 Å². The van der Waals surface area contributed by atoms with Crippen LogP contribution in [-0.2, 0) is 6.54 Å². The van der Waals surface area contributed by atoms with Crippen molar-refractivity contribution in [1.82, 2.24) is 15.3 Å². The maximum atomic E-state index is 12.7. The zero-order valence-corrected chi connectivity index (χ0v) is 20.2. The van der Waals surface area contributed by atoms with Crippen LogP contribution in [0.1, 0.15) is 28.5 Å². The maximum Gasteiger partial charge on any atom is 0.573 e. The zero-order chi connectivity index (χ0) is 27.1. The van der Waals surface area contributed by atoms with Gasteiger partial charge in [-0.3, -0.25) is 10.2 Å². The lowest BCUT2D eigenvalue weighted by molar-refractivity contribution is -0.274. The number of nitrogen functional groups attached to an aromatic ring is 1. The molecule has 0 saturated carbocycles. The molecule has 0 radical (unpaired) electrons. The number of nitrogens with two attached hydrogens (primary N) is 1. The van der Waals surface area contributed by atoms with Crippen LogP contribution >= 0.6 is 0 Å². The number of carbonyl (C=O) groups is 1. The van der Waals surface area contributed by atoms with Gasteiger partial charge in [-0.2, -0.15) is 5.10 Å². The van der Waals surface area contributed by atoms with Gasteiger partial charge in [-0.1, -0.05) is 42.5 Å². The van der Waals surface area contributed by atoms with Crippen LogP contribution in [0.2, 0.25) is 0 Å². The van der Waals surface area contributed by atoms with Gasteiger partial charge in [0.25, 0.3) is 5.91 Å². The minimum absolute atomic E-state index is 0.141. The molecule has 11 heteroatoms. The molecule has 3 aromatic carbocycles. The van der Waals surface area contributed by atoms with Crippen LogP contribution in [0.4, 0.5) is 24.7 Å². The first-order valence-corrected chi connectivity index (χ1v) is 11.4. The van der Waals surface area contributed by atoms with E-state index in [4.69, 9.17) is 5.73 Å². The van der Waals surface area contributed by atoms with Crippen LogP contribution in [0.15, 0.2) is 90.2 Å². The number of anilines is 2. The summed E-state index contributed by atoms with van der Waals surface area (Å²) in [4.78, 5) is 21.5. The summed E-state index contributed by atoms with van der Waals surface area (Å²) in [6, 6.07) is 21.6. The number of rotatable bonds is 8. The monoisotopic (exact) mass is 520 g/mol. The Kier molecular flexibility index (Phi) is 7.86. The lowest BCUT2D eigenvalue weighted by Crippen LogP contribution is -2.22. The molecule has 0 aliphatic heterocycles. The summed E-state index contributed by atoms with van der Waals surface area (Å²) < 4.78 is 40.9. The molecule has 0 spiro atoms. The molecule has 38 heavy (non-hydrogen) atoms.